The summed E-state index contributed by atoms with van der Waals surface area (Å²) in [5, 5.41) is 21.5. The number of ether oxygens (including phenoxy) is 1. The SMILES string of the molecule is O=C(COc1ccc(C2C(SCC(=O)c3ccc(F)cc3)C(=O)N2c2ccc(F)cc2)cc1)NCC(=O)NC(CO)C(=O)O. The summed E-state index contributed by atoms with van der Waals surface area (Å²) in [6.07, 6.45) is 0. The third-order valence-electron chi connectivity index (χ3n) is 6.56. The Morgan fingerprint density at radius 2 is 1.52 bits per heavy atom. The normalized spacial score (nSPS) is 16.4. The number of hydrogen-bond acceptors (Lipinski definition) is 8. The smallest absolute Gasteiger partial charge is 0.328 e. The van der Waals surface area contributed by atoms with Gasteiger partial charge in [0, 0.05) is 11.3 Å². The van der Waals surface area contributed by atoms with Crippen LogP contribution in [0, 0.1) is 11.6 Å². The number of nitrogens with zero attached hydrogens (tertiary/aromatic N) is 1. The molecule has 1 heterocycles. The summed E-state index contributed by atoms with van der Waals surface area (Å²) in [4.78, 5) is 62.1. The fourth-order valence-corrected chi connectivity index (χ4v) is 5.51. The van der Waals surface area contributed by atoms with Gasteiger partial charge < -0.3 is 30.5 Å². The number of aliphatic carboxylic acids is 1. The largest absolute Gasteiger partial charge is 0.484 e. The number of nitrogens with one attached hydrogen (secondary N) is 2. The molecule has 0 aliphatic carbocycles. The van der Waals surface area contributed by atoms with Crippen molar-refractivity contribution in [2.24, 2.45) is 0 Å². The van der Waals surface area contributed by atoms with E-state index in [4.69, 9.17) is 14.9 Å². The maximum atomic E-state index is 13.6. The molecule has 3 aromatic carbocycles. The second-order valence-corrected chi connectivity index (χ2v) is 10.7. The van der Waals surface area contributed by atoms with E-state index in [1.807, 2.05) is 5.32 Å². The Balaban J connectivity index is 1.38. The van der Waals surface area contributed by atoms with Crippen molar-refractivity contribution < 1.29 is 47.7 Å². The van der Waals surface area contributed by atoms with Gasteiger partial charge in [0.25, 0.3) is 5.91 Å². The van der Waals surface area contributed by atoms with Crippen LogP contribution in [0.2, 0.25) is 0 Å². The second-order valence-electron chi connectivity index (χ2n) is 9.57. The van der Waals surface area contributed by atoms with Gasteiger partial charge in [-0.25, -0.2) is 13.6 Å². The molecule has 1 aliphatic rings. The fraction of sp³-hybridized carbons (Fsp3) is 0.233. The molecule has 1 saturated heterocycles. The van der Waals surface area contributed by atoms with Crippen molar-refractivity contribution in [3.05, 3.63) is 95.6 Å². The monoisotopic (exact) mass is 627 g/mol. The van der Waals surface area contributed by atoms with Crippen LogP contribution in [0.3, 0.4) is 0 Å². The number of Topliss-reactive ketones (excluding diaryl/α,β-unsaturated/α-hetero) is 1. The third kappa shape index (κ3) is 7.96. The molecule has 0 saturated carbocycles. The van der Waals surface area contributed by atoms with Crippen LogP contribution in [0.15, 0.2) is 72.8 Å². The minimum absolute atomic E-state index is 0.0267. The number of hydrogen-bond donors (Lipinski definition) is 4. The Kier molecular flexibility index (Phi) is 10.6. The Labute approximate surface area is 254 Å². The molecule has 3 unspecified atom stereocenters. The van der Waals surface area contributed by atoms with Gasteiger partial charge in [0.05, 0.1) is 24.9 Å². The van der Waals surface area contributed by atoms with E-state index in [9.17, 15) is 32.8 Å². The lowest BCUT2D eigenvalue weighted by atomic mass is 9.92. The van der Waals surface area contributed by atoms with E-state index in [2.05, 4.69) is 5.32 Å². The number of anilines is 1. The summed E-state index contributed by atoms with van der Waals surface area (Å²) in [6, 6.07) is 15.1. The van der Waals surface area contributed by atoms with Crippen molar-refractivity contribution in [3.8, 4) is 5.75 Å². The first-order valence-corrected chi connectivity index (χ1v) is 14.2. The van der Waals surface area contributed by atoms with Gasteiger partial charge in [-0.2, -0.15) is 0 Å². The molecule has 230 valence electrons. The molecule has 3 atom stereocenters. The van der Waals surface area contributed by atoms with E-state index in [-0.39, 0.29) is 17.4 Å². The van der Waals surface area contributed by atoms with Crippen LogP contribution in [0.4, 0.5) is 14.5 Å². The van der Waals surface area contributed by atoms with Gasteiger partial charge in [-0.1, -0.05) is 12.1 Å². The summed E-state index contributed by atoms with van der Waals surface area (Å²) in [5.74, 6) is -4.08. The third-order valence-corrected chi connectivity index (χ3v) is 7.81. The van der Waals surface area contributed by atoms with Gasteiger partial charge in [-0.15, -0.1) is 11.8 Å². The molecular weight excluding hydrogens is 600 g/mol. The van der Waals surface area contributed by atoms with E-state index in [1.165, 1.54) is 53.4 Å². The summed E-state index contributed by atoms with van der Waals surface area (Å²) >= 11 is 1.14. The van der Waals surface area contributed by atoms with Crippen LogP contribution in [0.5, 0.6) is 5.75 Å². The Hall–Kier alpha value is -4.82. The zero-order chi connectivity index (χ0) is 31.8. The summed E-state index contributed by atoms with van der Waals surface area (Å²) in [6.45, 7) is -1.79. The Bertz CT molecular complexity index is 1520. The quantitative estimate of drug-likeness (QED) is 0.155. The molecule has 3 aromatic rings. The predicted molar refractivity (Wildman–Crippen MR) is 155 cm³/mol. The van der Waals surface area contributed by atoms with Crippen molar-refractivity contribution in [2.45, 2.75) is 17.3 Å². The van der Waals surface area contributed by atoms with Gasteiger partial charge >= 0.3 is 5.97 Å². The molecule has 1 fully saturated rings. The van der Waals surface area contributed by atoms with Gasteiger partial charge in [0.15, 0.2) is 12.4 Å². The number of thioether (sulfide) groups is 1. The number of ketones is 1. The number of benzene rings is 3. The minimum Gasteiger partial charge on any atom is -0.484 e. The first-order valence-electron chi connectivity index (χ1n) is 13.2. The van der Waals surface area contributed by atoms with E-state index < -0.39 is 66.5 Å². The number of carbonyl (C=O) groups excluding carboxylic acids is 4. The lowest BCUT2D eigenvalue weighted by Crippen LogP contribution is -2.57. The van der Waals surface area contributed by atoms with Gasteiger partial charge in [0.1, 0.15) is 28.7 Å². The topological polar surface area (TPSA) is 162 Å². The number of halogens is 2. The molecule has 44 heavy (non-hydrogen) atoms. The maximum Gasteiger partial charge on any atom is 0.328 e. The Morgan fingerprint density at radius 1 is 0.909 bits per heavy atom. The standard InChI is InChI=1S/C30H27F2N3O8S/c31-19-5-1-17(2-6-19)24(37)16-44-28-27(35(29(28)40)21-9-7-20(32)8-10-21)18-3-11-22(12-4-18)43-15-26(39)33-13-25(38)34-23(14-36)30(41)42/h1-12,23,27-28,36H,13-16H2,(H,33,39)(H,34,38)(H,41,42). The maximum absolute atomic E-state index is 13.6. The van der Waals surface area contributed by atoms with Gasteiger partial charge in [-0.05, 0) is 66.2 Å². The molecule has 0 spiro atoms. The number of carboxylic acids is 1. The number of rotatable bonds is 14. The summed E-state index contributed by atoms with van der Waals surface area (Å²) in [5.41, 5.74) is 1.47. The molecular formula is C30H27F2N3O8S. The lowest BCUT2D eigenvalue weighted by molar-refractivity contribution is -0.142. The highest BCUT2D eigenvalue weighted by atomic mass is 32.2. The molecule has 14 heteroatoms. The van der Waals surface area contributed by atoms with Crippen molar-refractivity contribution in [3.63, 3.8) is 0 Å². The Morgan fingerprint density at radius 3 is 2.11 bits per heavy atom. The minimum atomic E-state index is -1.49. The van der Waals surface area contributed by atoms with Crippen LogP contribution in [-0.4, -0.2) is 76.5 Å². The fourth-order valence-electron chi connectivity index (χ4n) is 4.29. The summed E-state index contributed by atoms with van der Waals surface area (Å²) in [7, 11) is 0. The van der Waals surface area contributed by atoms with Crippen LogP contribution < -0.4 is 20.3 Å². The van der Waals surface area contributed by atoms with Gasteiger partial charge in [-0.3, -0.25) is 19.2 Å². The second kappa shape index (κ2) is 14.6. The lowest BCUT2D eigenvalue weighted by Gasteiger charge is -2.47. The highest BCUT2D eigenvalue weighted by Crippen LogP contribution is 2.45. The number of carbonyl (C=O) groups is 5. The van der Waals surface area contributed by atoms with Crippen LogP contribution in [0.1, 0.15) is 22.0 Å². The number of aliphatic hydroxyl groups is 1. The molecule has 0 bridgehead atoms. The number of aliphatic hydroxyl groups excluding tert-OH is 1. The molecule has 0 aromatic heterocycles. The van der Waals surface area contributed by atoms with E-state index in [0.717, 1.165) is 11.8 Å². The first kappa shape index (κ1) is 32.1. The average molecular weight is 628 g/mol. The van der Waals surface area contributed by atoms with E-state index in [1.54, 1.807) is 24.3 Å². The number of amides is 3. The highest BCUT2D eigenvalue weighted by Gasteiger charge is 2.49. The number of β-lactam (4-membered cyclic amide) rings is 1. The zero-order valence-corrected chi connectivity index (χ0v) is 23.8. The predicted octanol–water partition coefficient (Wildman–Crippen LogP) is 2.09. The average Bonchev–Trinajstić information content (AvgIpc) is 3.01. The van der Waals surface area contributed by atoms with Crippen LogP contribution in [-0.2, 0) is 19.2 Å². The highest BCUT2D eigenvalue weighted by molar-refractivity contribution is 8.01. The zero-order valence-electron chi connectivity index (χ0n) is 22.9. The number of carboxylic acid groups (broad SMARTS) is 1. The molecule has 3 amide bonds. The van der Waals surface area contributed by atoms with Crippen molar-refractivity contribution in [1.29, 1.82) is 0 Å². The molecule has 0 radical (unpaired) electrons. The van der Waals surface area contributed by atoms with Crippen molar-refractivity contribution >= 4 is 46.9 Å². The summed E-state index contributed by atoms with van der Waals surface area (Å²) < 4.78 is 32.3. The first-order chi connectivity index (χ1) is 21.1. The molecule has 4 rings (SSSR count). The van der Waals surface area contributed by atoms with Crippen molar-refractivity contribution in [2.75, 3.05) is 30.4 Å². The van der Waals surface area contributed by atoms with Crippen LogP contribution in [0.25, 0.3) is 0 Å². The van der Waals surface area contributed by atoms with E-state index >= 15 is 0 Å². The van der Waals surface area contributed by atoms with Crippen molar-refractivity contribution in [1.82, 2.24) is 10.6 Å². The van der Waals surface area contributed by atoms with E-state index in [0.29, 0.717) is 22.6 Å². The molecule has 4 N–H and O–H groups in total. The molecule has 11 nitrogen and oxygen atoms in total. The van der Waals surface area contributed by atoms with Crippen LogP contribution >= 0.6 is 11.8 Å². The van der Waals surface area contributed by atoms with Gasteiger partial charge in [0.2, 0.25) is 11.8 Å². The molecule has 1 aliphatic heterocycles.